The molecule has 0 spiro atoms. The summed E-state index contributed by atoms with van der Waals surface area (Å²) in [6.07, 6.45) is 9.15. The number of morpholine rings is 1. The highest BCUT2D eigenvalue weighted by Gasteiger charge is 2.26. The van der Waals surface area contributed by atoms with E-state index in [1.54, 1.807) is 53.7 Å². The molecule has 4 aromatic carbocycles. The predicted molar refractivity (Wildman–Crippen MR) is 258 cm³/mol. The third-order valence-electron chi connectivity index (χ3n) is 12.0. The van der Waals surface area contributed by atoms with Crippen LogP contribution < -0.4 is 18.9 Å². The van der Waals surface area contributed by atoms with Crippen molar-refractivity contribution in [2.75, 3.05) is 39.4 Å². The quantitative estimate of drug-likeness (QED) is 0.0914. The van der Waals surface area contributed by atoms with Gasteiger partial charge in [0.25, 0.3) is 11.8 Å². The Morgan fingerprint density at radius 2 is 1.16 bits per heavy atom. The van der Waals surface area contributed by atoms with Gasteiger partial charge < -0.3 is 33.5 Å². The van der Waals surface area contributed by atoms with Crippen LogP contribution in [0.1, 0.15) is 78.9 Å². The SMILES string of the molecule is [C-]#[N+]c1cncc(COc2cc(OCc3cccc(-c4cccc(COc5cc(OCc6cncc(C#N)c6)c(C(=O)N6CCCCC6)cc5Cl)c4C)c3C)c(Cl)cc2C(=O)N2CCOCC2)c1. The third kappa shape index (κ3) is 11.2. The van der Waals surface area contributed by atoms with Crippen LogP contribution >= 0.6 is 23.2 Å². The van der Waals surface area contributed by atoms with E-state index in [-0.39, 0.29) is 48.3 Å². The van der Waals surface area contributed by atoms with Crippen LogP contribution in [0.15, 0.2) is 97.6 Å². The maximum Gasteiger partial charge on any atom is 0.257 e. The first-order valence-corrected chi connectivity index (χ1v) is 23.0. The number of piperidine rings is 1. The molecule has 2 aliphatic rings. The summed E-state index contributed by atoms with van der Waals surface area (Å²) < 4.78 is 30.7. The van der Waals surface area contributed by atoms with E-state index in [2.05, 4.69) is 33.0 Å². The molecular formula is C53H48Cl2N6O7. The van der Waals surface area contributed by atoms with Gasteiger partial charge in [0.05, 0.1) is 46.5 Å². The average molecular weight is 952 g/mol. The van der Waals surface area contributed by atoms with Gasteiger partial charge in [-0.3, -0.25) is 19.6 Å². The van der Waals surface area contributed by atoms with Crippen LogP contribution in [0.3, 0.4) is 0 Å². The molecule has 2 saturated heterocycles. The first-order chi connectivity index (χ1) is 33.1. The summed E-state index contributed by atoms with van der Waals surface area (Å²) in [5.41, 5.74) is 8.65. The molecule has 346 valence electrons. The number of ether oxygens (including phenoxy) is 5. The number of nitrogens with zero attached hydrogens (tertiary/aromatic N) is 6. The molecule has 2 aliphatic heterocycles. The van der Waals surface area contributed by atoms with Gasteiger partial charge in [-0.25, -0.2) is 4.85 Å². The first kappa shape index (κ1) is 47.3. The summed E-state index contributed by atoms with van der Waals surface area (Å²) in [6, 6.07) is 24.1. The standard InChI is InChI=1S/C53H48Cl2N6O7/c1-34-39(32-67-50-23-48(65-30-37-19-36(25-56)26-58-27-37)44(21-46(50)54)52(62)60-13-5-4-6-14-60)9-7-11-42(34)43-12-8-10-40(35(43)2)33-68-51-24-49(66-31-38-20-41(57-3)29-59-28-38)45(22-47(51)55)53(63)61-15-17-64-18-16-61/h7-12,19-24,26-29H,4-6,13-18,30-33H2,1-2H3. The zero-order valence-corrected chi connectivity index (χ0v) is 39.2. The zero-order valence-electron chi connectivity index (χ0n) is 37.7. The molecule has 2 fully saturated rings. The smallest absolute Gasteiger partial charge is 0.257 e. The number of amides is 2. The number of hydrogen-bond donors (Lipinski definition) is 0. The minimum atomic E-state index is -0.232. The molecule has 13 nitrogen and oxygen atoms in total. The molecule has 2 aromatic heterocycles. The predicted octanol–water partition coefficient (Wildman–Crippen LogP) is 10.9. The number of aromatic nitrogens is 2. The Morgan fingerprint density at radius 3 is 1.69 bits per heavy atom. The molecule has 6 aromatic rings. The van der Waals surface area contributed by atoms with Crippen molar-refractivity contribution < 1.29 is 33.3 Å². The molecule has 0 unspecified atom stereocenters. The van der Waals surface area contributed by atoms with E-state index < -0.39 is 0 Å². The van der Waals surface area contributed by atoms with Crippen molar-refractivity contribution in [2.24, 2.45) is 0 Å². The summed E-state index contributed by atoms with van der Waals surface area (Å²) in [5, 5.41) is 9.93. The molecule has 0 N–H and O–H groups in total. The number of rotatable bonds is 15. The summed E-state index contributed by atoms with van der Waals surface area (Å²) in [5.74, 6) is 0.928. The van der Waals surface area contributed by atoms with Gasteiger partial charge in [-0.1, -0.05) is 59.6 Å². The van der Waals surface area contributed by atoms with Crippen molar-refractivity contribution in [3.63, 3.8) is 0 Å². The average Bonchev–Trinajstić information content (AvgIpc) is 3.38. The van der Waals surface area contributed by atoms with Crippen LogP contribution in [-0.4, -0.2) is 71.0 Å². The second-order valence-electron chi connectivity index (χ2n) is 16.5. The molecule has 15 heteroatoms. The zero-order chi connectivity index (χ0) is 47.6. The molecule has 2 amide bonds. The summed E-state index contributed by atoms with van der Waals surface area (Å²) in [6.45, 7) is 15.0. The van der Waals surface area contributed by atoms with Crippen molar-refractivity contribution in [1.82, 2.24) is 19.8 Å². The third-order valence-corrected chi connectivity index (χ3v) is 12.6. The Kier molecular flexibility index (Phi) is 15.4. The number of pyridine rings is 2. The maximum absolute atomic E-state index is 13.8. The second kappa shape index (κ2) is 22.1. The number of nitriles is 1. The number of hydrogen-bond acceptors (Lipinski definition) is 10. The van der Waals surface area contributed by atoms with E-state index in [9.17, 15) is 14.9 Å². The van der Waals surface area contributed by atoms with Crippen LogP contribution in [0.4, 0.5) is 5.69 Å². The van der Waals surface area contributed by atoms with Crippen LogP contribution in [0.2, 0.25) is 10.0 Å². The van der Waals surface area contributed by atoms with Gasteiger partial charge in [-0.2, -0.15) is 5.26 Å². The normalized spacial score (nSPS) is 13.6. The van der Waals surface area contributed by atoms with Gasteiger partial charge in [-0.15, -0.1) is 0 Å². The molecule has 68 heavy (non-hydrogen) atoms. The van der Waals surface area contributed by atoms with Gasteiger partial charge in [0.15, 0.2) is 0 Å². The minimum absolute atomic E-state index is 0.0680. The van der Waals surface area contributed by atoms with Crippen LogP contribution in [0.25, 0.3) is 16.0 Å². The van der Waals surface area contributed by atoms with E-state index >= 15 is 0 Å². The largest absolute Gasteiger partial charge is 0.488 e. The highest BCUT2D eigenvalue weighted by Crippen LogP contribution is 2.38. The Balaban J connectivity index is 1.01. The van der Waals surface area contributed by atoms with Gasteiger partial charge in [0.1, 0.15) is 55.5 Å². The highest BCUT2D eigenvalue weighted by atomic mass is 35.5. The van der Waals surface area contributed by atoms with Crippen LogP contribution in [-0.2, 0) is 31.2 Å². The summed E-state index contributed by atoms with van der Waals surface area (Å²) in [4.78, 5) is 42.8. The van der Waals surface area contributed by atoms with Crippen molar-refractivity contribution >= 4 is 40.7 Å². The molecule has 0 bridgehead atoms. The molecule has 8 rings (SSSR count). The molecular weight excluding hydrogens is 904 g/mol. The van der Waals surface area contributed by atoms with Crippen molar-refractivity contribution in [1.29, 1.82) is 5.26 Å². The van der Waals surface area contributed by atoms with E-state index in [0.717, 1.165) is 52.6 Å². The van der Waals surface area contributed by atoms with E-state index in [1.165, 1.54) is 12.4 Å². The van der Waals surface area contributed by atoms with Crippen molar-refractivity contribution in [3.05, 3.63) is 169 Å². The van der Waals surface area contributed by atoms with E-state index in [0.29, 0.717) is 95.9 Å². The second-order valence-corrected chi connectivity index (χ2v) is 17.3. The number of benzene rings is 4. The molecule has 0 aliphatic carbocycles. The molecule has 0 atom stereocenters. The Hall–Kier alpha value is -7.16. The van der Waals surface area contributed by atoms with E-state index in [4.69, 9.17) is 53.5 Å². The molecule has 4 heterocycles. The highest BCUT2D eigenvalue weighted by molar-refractivity contribution is 6.33. The fourth-order valence-electron chi connectivity index (χ4n) is 8.21. The number of carbonyl (C=O) groups excluding carboxylic acids is 2. The Labute approximate surface area is 405 Å². The topological polar surface area (TPSA) is 141 Å². The fourth-order valence-corrected chi connectivity index (χ4v) is 8.64. The maximum atomic E-state index is 13.8. The lowest BCUT2D eigenvalue weighted by Crippen LogP contribution is -2.40. The lowest BCUT2D eigenvalue weighted by molar-refractivity contribution is 0.0300. The van der Waals surface area contributed by atoms with Gasteiger partial charge in [0, 0.05) is 68.7 Å². The van der Waals surface area contributed by atoms with Crippen molar-refractivity contribution in [2.45, 2.75) is 59.5 Å². The summed E-state index contributed by atoms with van der Waals surface area (Å²) in [7, 11) is 0. The molecule has 0 radical (unpaired) electrons. The van der Waals surface area contributed by atoms with Gasteiger partial charge >= 0.3 is 0 Å². The van der Waals surface area contributed by atoms with Crippen molar-refractivity contribution in [3.8, 4) is 40.2 Å². The number of carbonyl (C=O) groups is 2. The molecule has 0 saturated carbocycles. The van der Waals surface area contributed by atoms with Gasteiger partial charge in [0.2, 0.25) is 5.69 Å². The number of halogens is 2. The van der Waals surface area contributed by atoms with Gasteiger partial charge in [-0.05, 0) is 96.3 Å². The monoisotopic (exact) mass is 950 g/mol. The Morgan fingerprint density at radius 1 is 0.662 bits per heavy atom. The lowest BCUT2D eigenvalue weighted by atomic mass is 9.92. The lowest BCUT2D eigenvalue weighted by Gasteiger charge is -2.27. The fraction of sp³-hybridized carbons (Fsp3) is 0.283. The van der Waals surface area contributed by atoms with E-state index in [1.807, 2.05) is 43.0 Å². The number of likely N-dealkylation sites (tertiary alicyclic amines) is 1. The minimum Gasteiger partial charge on any atom is -0.488 e. The Bertz CT molecular complexity index is 2720. The summed E-state index contributed by atoms with van der Waals surface area (Å²) >= 11 is 13.7. The van der Waals surface area contributed by atoms with Crippen LogP contribution in [0, 0.1) is 31.8 Å². The first-order valence-electron chi connectivity index (χ1n) is 22.3. The van der Waals surface area contributed by atoms with Crippen LogP contribution in [0.5, 0.6) is 23.0 Å².